The van der Waals surface area contributed by atoms with E-state index in [4.69, 9.17) is 14.5 Å². The first kappa shape index (κ1) is 16.8. The molecule has 121 valence electrons. The molecule has 1 aromatic carbocycles. The van der Waals surface area contributed by atoms with Crippen molar-refractivity contribution >= 4 is 5.97 Å². The van der Waals surface area contributed by atoms with Crippen LogP contribution in [0.5, 0.6) is 5.75 Å². The molecule has 1 aromatic rings. The molecule has 1 fully saturated rings. The lowest BCUT2D eigenvalue weighted by atomic mass is 9.71. The van der Waals surface area contributed by atoms with Gasteiger partial charge in [0, 0.05) is 5.92 Å². The standard InChI is InChI=1S/C18H25O4/c1-18(2,3)14-10-6-8-12-16(14)21-22-17(19)13-9-5-7-11-15(13)20-4/h5,7,9,11,14H,6,8,10,12H2,1-4H3. The molecule has 1 aliphatic carbocycles. The largest absolute Gasteiger partial charge is 0.496 e. The van der Waals surface area contributed by atoms with Gasteiger partial charge in [0.2, 0.25) is 0 Å². The Kier molecular flexibility index (Phi) is 5.46. The van der Waals surface area contributed by atoms with Gasteiger partial charge in [-0.2, -0.15) is 4.89 Å². The number of rotatable bonds is 4. The third-order valence-electron chi connectivity index (χ3n) is 4.15. The number of carbonyl (C=O) groups is 1. The van der Waals surface area contributed by atoms with Crippen molar-refractivity contribution < 1.29 is 19.3 Å². The SMILES string of the molecule is COc1ccccc1C(=O)OO[C]1CCCCC1C(C)(C)C. The third-order valence-corrected chi connectivity index (χ3v) is 4.15. The predicted octanol–water partition coefficient (Wildman–Crippen LogP) is 4.55. The lowest BCUT2D eigenvalue weighted by Crippen LogP contribution is -2.31. The Hall–Kier alpha value is -1.55. The summed E-state index contributed by atoms with van der Waals surface area (Å²) in [4.78, 5) is 22.7. The zero-order chi connectivity index (χ0) is 16.2. The van der Waals surface area contributed by atoms with Crippen LogP contribution in [0.4, 0.5) is 0 Å². The molecule has 0 bridgehead atoms. The average Bonchev–Trinajstić information content (AvgIpc) is 2.52. The molecule has 4 heteroatoms. The molecule has 1 unspecified atom stereocenters. The van der Waals surface area contributed by atoms with E-state index in [0.717, 1.165) is 25.4 Å². The minimum atomic E-state index is -0.525. The van der Waals surface area contributed by atoms with Crippen LogP contribution in [0.2, 0.25) is 0 Å². The molecule has 0 heterocycles. The molecule has 1 saturated carbocycles. The second kappa shape index (κ2) is 7.14. The number of benzene rings is 1. The Bertz CT molecular complexity index is 504. The summed E-state index contributed by atoms with van der Waals surface area (Å²) in [6.07, 6.45) is 5.07. The topological polar surface area (TPSA) is 44.8 Å². The highest BCUT2D eigenvalue weighted by molar-refractivity contribution is 5.92. The van der Waals surface area contributed by atoms with Gasteiger partial charge >= 0.3 is 5.97 Å². The number of para-hydroxylation sites is 1. The Morgan fingerprint density at radius 3 is 2.59 bits per heavy atom. The summed E-state index contributed by atoms with van der Waals surface area (Å²) in [6.45, 7) is 6.57. The second-order valence-electron chi connectivity index (χ2n) is 6.79. The van der Waals surface area contributed by atoms with Crippen LogP contribution >= 0.6 is 0 Å². The van der Waals surface area contributed by atoms with Crippen LogP contribution in [0.3, 0.4) is 0 Å². The lowest BCUT2D eigenvalue weighted by Gasteiger charge is -2.37. The first-order valence-corrected chi connectivity index (χ1v) is 7.81. The maximum atomic E-state index is 12.2. The average molecular weight is 305 g/mol. The third kappa shape index (κ3) is 4.01. The fourth-order valence-corrected chi connectivity index (χ4v) is 2.95. The summed E-state index contributed by atoms with van der Waals surface area (Å²) < 4.78 is 5.17. The van der Waals surface area contributed by atoms with E-state index in [9.17, 15) is 4.79 Å². The minimum Gasteiger partial charge on any atom is -0.496 e. The molecule has 0 N–H and O–H groups in total. The Labute approximate surface area is 132 Å². The maximum Gasteiger partial charge on any atom is 0.376 e. The van der Waals surface area contributed by atoms with Crippen molar-refractivity contribution in [1.29, 1.82) is 0 Å². The molecule has 1 radical (unpaired) electrons. The molecule has 1 atom stereocenters. The van der Waals surface area contributed by atoms with Crippen LogP contribution in [0.15, 0.2) is 24.3 Å². The van der Waals surface area contributed by atoms with Gasteiger partial charge in [0.25, 0.3) is 0 Å². The predicted molar refractivity (Wildman–Crippen MR) is 84.2 cm³/mol. The molecule has 22 heavy (non-hydrogen) atoms. The van der Waals surface area contributed by atoms with E-state index in [2.05, 4.69) is 20.8 Å². The van der Waals surface area contributed by atoms with Gasteiger partial charge in [0.05, 0.1) is 7.11 Å². The summed E-state index contributed by atoms with van der Waals surface area (Å²) in [5.74, 6) is 0.270. The van der Waals surface area contributed by atoms with Crippen molar-refractivity contribution in [2.75, 3.05) is 7.11 Å². The molecule has 4 nitrogen and oxygen atoms in total. The zero-order valence-electron chi connectivity index (χ0n) is 13.8. The van der Waals surface area contributed by atoms with Gasteiger partial charge in [-0.3, -0.25) is 4.89 Å². The van der Waals surface area contributed by atoms with Gasteiger partial charge in [-0.1, -0.05) is 45.7 Å². The molecular formula is C18H25O4. The van der Waals surface area contributed by atoms with E-state index in [1.165, 1.54) is 13.5 Å². The van der Waals surface area contributed by atoms with Gasteiger partial charge in [0.1, 0.15) is 11.3 Å². The Balaban J connectivity index is 2.00. The van der Waals surface area contributed by atoms with E-state index >= 15 is 0 Å². The number of ether oxygens (including phenoxy) is 1. The molecule has 2 rings (SSSR count). The van der Waals surface area contributed by atoms with Crippen LogP contribution in [-0.2, 0) is 9.78 Å². The number of hydrogen-bond donors (Lipinski definition) is 0. The van der Waals surface area contributed by atoms with Gasteiger partial charge in [-0.25, -0.2) is 4.79 Å². The zero-order valence-corrected chi connectivity index (χ0v) is 13.8. The number of methoxy groups -OCH3 is 1. The van der Waals surface area contributed by atoms with Gasteiger partial charge in [-0.15, -0.1) is 0 Å². The van der Waals surface area contributed by atoms with E-state index in [1.807, 2.05) is 6.07 Å². The van der Waals surface area contributed by atoms with Crippen LogP contribution < -0.4 is 4.74 Å². The maximum absolute atomic E-state index is 12.2. The highest BCUT2D eigenvalue weighted by atomic mass is 17.2. The van der Waals surface area contributed by atoms with Crippen LogP contribution in [0.1, 0.15) is 56.8 Å². The molecule has 1 aliphatic rings. The fraction of sp³-hybridized carbons (Fsp3) is 0.556. The summed E-state index contributed by atoms with van der Waals surface area (Å²) in [5, 5.41) is 0. The van der Waals surface area contributed by atoms with Crippen molar-refractivity contribution in [3.05, 3.63) is 35.9 Å². The van der Waals surface area contributed by atoms with Crippen LogP contribution in [0, 0.1) is 17.4 Å². The van der Waals surface area contributed by atoms with Crippen molar-refractivity contribution in [1.82, 2.24) is 0 Å². The van der Waals surface area contributed by atoms with Crippen molar-refractivity contribution in [3.63, 3.8) is 0 Å². The Morgan fingerprint density at radius 2 is 1.91 bits per heavy atom. The van der Waals surface area contributed by atoms with Crippen molar-refractivity contribution in [2.24, 2.45) is 11.3 Å². The van der Waals surface area contributed by atoms with E-state index < -0.39 is 5.97 Å². The highest BCUT2D eigenvalue weighted by Crippen LogP contribution is 2.43. The van der Waals surface area contributed by atoms with Crippen molar-refractivity contribution in [2.45, 2.75) is 46.5 Å². The summed E-state index contributed by atoms with van der Waals surface area (Å²) in [6, 6.07) is 6.96. The monoisotopic (exact) mass is 305 g/mol. The molecular weight excluding hydrogens is 280 g/mol. The molecule has 0 amide bonds. The van der Waals surface area contributed by atoms with Gasteiger partial charge in [-0.05, 0) is 30.4 Å². The van der Waals surface area contributed by atoms with E-state index in [1.54, 1.807) is 18.2 Å². The van der Waals surface area contributed by atoms with Gasteiger partial charge in [0.15, 0.2) is 6.10 Å². The summed E-state index contributed by atoms with van der Waals surface area (Å²) in [7, 11) is 1.53. The second-order valence-corrected chi connectivity index (χ2v) is 6.79. The molecule has 0 saturated heterocycles. The van der Waals surface area contributed by atoms with Crippen molar-refractivity contribution in [3.8, 4) is 5.75 Å². The molecule has 0 aliphatic heterocycles. The van der Waals surface area contributed by atoms with Crippen LogP contribution in [-0.4, -0.2) is 13.1 Å². The minimum absolute atomic E-state index is 0.104. The Morgan fingerprint density at radius 1 is 1.18 bits per heavy atom. The number of hydrogen-bond acceptors (Lipinski definition) is 4. The van der Waals surface area contributed by atoms with E-state index in [-0.39, 0.29) is 5.41 Å². The lowest BCUT2D eigenvalue weighted by molar-refractivity contribution is -0.252. The summed E-state index contributed by atoms with van der Waals surface area (Å²) in [5.41, 5.74) is 0.473. The molecule has 0 aromatic heterocycles. The first-order valence-electron chi connectivity index (χ1n) is 7.81. The highest BCUT2D eigenvalue weighted by Gasteiger charge is 2.37. The molecule has 0 spiro atoms. The normalized spacial score (nSPS) is 19.7. The van der Waals surface area contributed by atoms with E-state index in [0.29, 0.717) is 17.2 Å². The quantitative estimate of drug-likeness (QED) is 0.604. The number of carbonyl (C=O) groups excluding carboxylic acids is 1. The summed E-state index contributed by atoms with van der Waals surface area (Å²) >= 11 is 0. The van der Waals surface area contributed by atoms with Gasteiger partial charge < -0.3 is 4.74 Å². The fourth-order valence-electron chi connectivity index (χ4n) is 2.95. The van der Waals surface area contributed by atoms with Crippen LogP contribution in [0.25, 0.3) is 0 Å². The smallest absolute Gasteiger partial charge is 0.376 e. The first-order chi connectivity index (χ1) is 10.4.